The van der Waals surface area contributed by atoms with Crippen LogP contribution in [0.1, 0.15) is 122 Å². The Morgan fingerprint density at radius 1 is 0.418 bits per heavy atom. The molecule has 30 nitrogen and oxygen atoms in total. The first-order chi connectivity index (χ1) is 47.1. The molecule has 524 valence electrons. The van der Waals surface area contributed by atoms with Crippen molar-refractivity contribution in [1.29, 1.82) is 0 Å². The Hall–Kier alpha value is -9.72. The third-order valence-corrected chi connectivity index (χ3v) is 17.9. The van der Waals surface area contributed by atoms with E-state index in [1.165, 1.54) is 12.7 Å². The van der Waals surface area contributed by atoms with Gasteiger partial charge in [-0.2, -0.15) is 44.9 Å². The minimum atomic E-state index is -1.13. The maximum absolute atomic E-state index is 11.2. The van der Waals surface area contributed by atoms with Gasteiger partial charge in [-0.05, 0) is 165 Å². The first-order valence-electron chi connectivity index (χ1n) is 33.1. The Bertz CT molecular complexity index is 3700. The molecule has 0 atom stereocenters. The standard InChI is InChI=1S/C12H16N4O2.C11H17N5.C11H14N4O2.C11H16N4O.C11H16N4S.C10H14N4S/c1-3-9-4-6-16(7-5-9)12-14-8(2)13-10(15-12)11(17)18;1-3-9-4-6-16(7-5-9)11-14-8(2)13-10(12)15-11;1-2-8-3-5-15(6-4-8)11-13-7-12-9(14-11)10(16)17;2*1-3-9-4-6-15(7-5-9)10-12-8(2)13-11(16)14-10;1-2-8-3-5-14(6-4-8)9-11-7-12-10(15)13-9/h3,9H,1,4-7H2,2H3,(H,17,18);3,9H,1,4-7H2,2H3,(H2,12,13,14,15);2,7-8H,1,3-6H2,(H,16,17);2*3,9H,1,4-7H2,2H3,(H,12,13,14,16);2,7-8H,1,3-6H2,(H,11,12,13,15). The molecule has 7 N–H and O–H groups in total. The smallest absolute Gasteiger partial charge is 0.374 e. The largest absolute Gasteiger partial charge is 0.475 e. The van der Waals surface area contributed by atoms with Crippen molar-refractivity contribution in [2.24, 2.45) is 35.5 Å². The molecule has 6 saturated heterocycles. The van der Waals surface area contributed by atoms with Gasteiger partial charge < -0.3 is 55.3 Å². The zero-order valence-corrected chi connectivity index (χ0v) is 58.3. The molecule has 6 aromatic heterocycles. The summed E-state index contributed by atoms with van der Waals surface area (Å²) in [6, 6.07) is 0. The number of allylic oxidation sites excluding steroid dienone is 6. The lowest BCUT2D eigenvalue weighted by Crippen LogP contribution is -2.36. The molecule has 0 aliphatic carbocycles. The zero-order chi connectivity index (χ0) is 70.7. The summed E-state index contributed by atoms with van der Waals surface area (Å²) >= 11 is 9.98. The van der Waals surface area contributed by atoms with E-state index in [0.29, 0.717) is 92.3 Å². The second-order valence-corrected chi connectivity index (χ2v) is 25.1. The molecule has 6 aliphatic rings. The summed E-state index contributed by atoms with van der Waals surface area (Å²) in [5.41, 5.74) is 5.29. The average Bonchev–Trinajstić information content (AvgIpc) is 0.930. The molecule has 6 aromatic rings. The topological polar surface area (TPSA) is 378 Å². The summed E-state index contributed by atoms with van der Waals surface area (Å²) in [6.45, 7) is 41.0. The van der Waals surface area contributed by atoms with Gasteiger partial charge in [0.15, 0.2) is 0 Å². The molecule has 0 radical (unpaired) electrons. The van der Waals surface area contributed by atoms with Crippen molar-refractivity contribution in [1.82, 2.24) is 89.7 Å². The molecule has 0 amide bonds. The SMILES string of the molecule is C=CC1CCN(c2nc(=S)nc(C)[nH]2)CC1.C=CC1CCN(c2nc(C)[nH]c(=O)n2)CC1.C=CC1CCN(c2nc(C)nc(C(=O)O)n2)CC1.C=CC1CCN(c2nc(C)nc(N)n2)CC1.C=CC1CCN(c2ncnc(=S)[nH]2)CC1.C=CC1CCN(c2ncnc(C(=O)O)n2)CC1. The van der Waals surface area contributed by atoms with Crippen LogP contribution < -0.4 is 40.8 Å². The number of hydrogen-bond donors (Lipinski definition) is 6. The molecule has 98 heavy (non-hydrogen) atoms. The zero-order valence-electron chi connectivity index (χ0n) is 56.7. The van der Waals surface area contributed by atoms with Crippen molar-refractivity contribution >= 4 is 78.0 Å². The van der Waals surface area contributed by atoms with E-state index in [1.54, 1.807) is 13.8 Å². The van der Waals surface area contributed by atoms with Crippen LogP contribution in [0, 0.1) is 72.7 Å². The Kier molecular flexibility index (Phi) is 29.6. The molecule has 0 bridgehead atoms. The van der Waals surface area contributed by atoms with Crippen molar-refractivity contribution < 1.29 is 19.8 Å². The van der Waals surface area contributed by atoms with Gasteiger partial charge in [0.2, 0.25) is 62.8 Å². The number of nitrogens with two attached hydrogens (primary N) is 1. The van der Waals surface area contributed by atoms with E-state index in [2.05, 4.69) is 149 Å². The molecule has 12 rings (SSSR count). The summed E-state index contributed by atoms with van der Waals surface area (Å²) in [5, 5.41) is 17.7. The Labute approximate surface area is 582 Å². The van der Waals surface area contributed by atoms with Crippen molar-refractivity contribution in [2.45, 2.75) is 105 Å². The second-order valence-electron chi connectivity index (χ2n) is 24.3. The number of carbonyl (C=O) groups is 2. The number of H-pyrrole nitrogens is 3. The number of hydrogen-bond acceptors (Lipinski definition) is 27. The van der Waals surface area contributed by atoms with Crippen LogP contribution in [0.3, 0.4) is 0 Å². The number of carboxylic acids is 2. The van der Waals surface area contributed by atoms with Crippen LogP contribution in [0.25, 0.3) is 0 Å². The normalized spacial score (nSPS) is 17.2. The highest BCUT2D eigenvalue weighted by atomic mass is 32.1. The molecule has 0 spiro atoms. The highest BCUT2D eigenvalue weighted by Gasteiger charge is 2.26. The monoisotopic (exact) mass is 1380 g/mol. The van der Waals surface area contributed by atoms with Gasteiger partial charge in [0.05, 0.1) is 0 Å². The molecular weight excluding hydrogens is 1290 g/mol. The fourth-order valence-electron chi connectivity index (χ4n) is 11.6. The van der Waals surface area contributed by atoms with E-state index in [1.807, 2.05) is 60.1 Å². The fourth-order valence-corrected chi connectivity index (χ4v) is 12.0. The van der Waals surface area contributed by atoms with Gasteiger partial charge in [0, 0.05) is 78.5 Å². The summed E-state index contributed by atoms with van der Waals surface area (Å²) in [4.78, 5) is 115. The minimum absolute atomic E-state index is 0.191. The first-order valence-corrected chi connectivity index (χ1v) is 33.9. The van der Waals surface area contributed by atoms with Gasteiger partial charge in [0.25, 0.3) is 0 Å². The number of aryl methyl sites for hydroxylation is 4. The van der Waals surface area contributed by atoms with Gasteiger partial charge in [-0.25, -0.2) is 44.3 Å². The van der Waals surface area contributed by atoms with Crippen LogP contribution in [0.5, 0.6) is 0 Å². The molecule has 0 saturated carbocycles. The maximum atomic E-state index is 11.2. The van der Waals surface area contributed by atoms with E-state index >= 15 is 0 Å². The molecule has 12 heterocycles. The fraction of sp³-hybridized carbons (Fsp3) is 0.515. The van der Waals surface area contributed by atoms with Gasteiger partial charge in [-0.15, -0.1) is 39.5 Å². The molecule has 0 aromatic carbocycles. The van der Waals surface area contributed by atoms with Gasteiger partial charge >= 0.3 is 17.6 Å². The van der Waals surface area contributed by atoms with Crippen molar-refractivity contribution in [2.75, 3.05) is 114 Å². The molecule has 6 aliphatic heterocycles. The lowest BCUT2D eigenvalue weighted by molar-refractivity contribution is 0.0672. The summed E-state index contributed by atoms with van der Waals surface area (Å²) < 4.78 is 0.905. The Morgan fingerprint density at radius 2 is 0.786 bits per heavy atom. The van der Waals surface area contributed by atoms with Crippen LogP contribution in [0.15, 0.2) is 93.4 Å². The molecule has 6 fully saturated rings. The number of piperidine rings is 6. The first kappa shape index (κ1) is 75.7. The summed E-state index contributed by atoms with van der Waals surface area (Å²) in [6.07, 6.45) is 27.6. The quantitative estimate of drug-likeness (QED) is 0.0439. The van der Waals surface area contributed by atoms with E-state index in [9.17, 15) is 14.4 Å². The summed E-state index contributed by atoms with van der Waals surface area (Å²) in [7, 11) is 0. The van der Waals surface area contributed by atoms with Crippen molar-refractivity contribution in [3.8, 4) is 0 Å². The van der Waals surface area contributed by atoms with Gasteiger partial charge in [0.1, 0.15) is 36.0 Å². The second kappa shape index (κ2) is 38.3. The number of nitrogens with one attached hydrogen (secondary N) is 3. The molecular formula is C66H93N25O5S2. The van der Waals surface area contributed by atoms with E-state index in [0.717, 1.165) is 173 Å². The number of nitrogen functional groups attached to an aromatic ring is 1. The van der Waals surface area contributed by atoms with Crippen LogP contribution in [0.4, 0.5) is 41.6 Å². The average molecular weight is 1380 g/mol. The minimum Gasteiger partial charge on any atom is -0.475 e. The number of rotatable bonds is 14. The number of aromatic carboxylic acids is 2. The van der Waals surface area contributed by atoms with E-state index < -0.39 is 11.9 Å². The van der Waals surface area contributed by atoms with Crippen LogP contribution >= 0.6 is 24.4 Å². The Balaban J connectivity index is 0.000000166. The number of anilines is 7. The molecule has 32 heteroatoms. The van der Waals surface area contributed by atoms with Gasteiger partial charge in [-0.3, -0.25) is 4.98 Å². The predicted octanol–water partition coefficient (Wildman–Crippen LogP) is 8.47. The van der Waals surface area contributed by atoms with E-state index in [4.69, 9.17) is 40.4 Å². The van der Waals surface area contributed by atoms with Crippen LogP contribution in [-0.4, -0.2) is 190 Å². The van der Waals surface area contributed by atoms with Crippen LogP contribution in [0.2, 0.25) is 0 Å². The Morgan fingerprint density at radius 3 is 1.18 bits per heavy atom. The lowest BCUT2D eigenvalue weighted by Gasteiger charge is -2.30. The van der Waals surface area contributed by atoms with Crippen molar-refractivity contribution in [3.63, 3.8) is 0 Å². The summed E-state index contributed by atoms with van der Waals surface area (Å²) in [5.74, 6) is 7.57. The lowest BCUT2D eigenvalue weighted by atomic mass is 9.97. The maximum Gasteiger partial charge on any atom is 0.374 e. The third-order valence-electron chi connectivity index (χ3n) is 17.5. The van der Waals surface area contributed by atoms with Crippen LogP contribution in [-0.2, 0) is 0 Å². The van der Waals surface area contributed by atoms with Crippen molar-refractivity contribution in [3.05, 3.63) is 144 Å². The molecule has 0 unspecified atom stereocenters. The number of nitrogens with zero attached hydrogens (tertiary/aromatic N) is 21. The highest BCUT2D eigenvalue weighted by Crippen LogP contribution is 2.26. The number of carboxylic acid groups (broad SMARTS) is 2. The third kappa shape index (κ3) is 23.8. The number of aromatic nitrogens is 18. The predicted molar refractivity (Wildman–Crippen MR) is 385 cm³/mol. The number of aromatic amines is 3. The highest BCUT2D eigenvalue weighted by molar-refractivity contribution is 7.71. The van der Waals surface area contributed by atoms with Gasteiger partial charge in [-0.1, -0.05) is 36.5 Å². The van der Waals surface area contributed by atoms with E-state index in [-0.39, 0.29) is 17.3 Å².